The molecule has 5 rings (SSSR count). The number of nitrogens with zero attached hydrogens (tertiary/aromatic N) is 2. The van der Waals surface area contributed by atoms with Crippen molar-refractivity contribution < 1.29 is 14.7 Å². The first-order valence-corrected chi connectivity index (χ1v) is 11.9. The number of amides is 1. The first-order chi connectivity index (χ1) is 17.5. The second-order valence-electron chi connectivity index (χ2n) is 8.80. The van der Waals surface area contributed by atoms with Gasteiger partial charge in [0.05, 0.1) is 6.10 Å². The third kappa shape index (κ3) is 5.45. The first-order valence-electron chi connectivity index (χ1n) is 11.9. The molecule has 1 fully saturated rings. The number of nitrogens with one attached hydrogen (secondary N) is 3. The van der Waals surface area contributed by atoms with Crippen LogP contribution in [0.1, 0.15) is 39.3 Å². The standard InChI is InChI=1S/C28H27N5O3/c34-25-14-17-33(18-15-25)24-11-9-22(10-12-24)30-21-5-1-19(2-6-21)27(35)20-3-7-23(8-4-20)31-28(36)26-13-16-29-32-26/h1-13,16,25,30,34H,14-15,17-18H2,(H,29,32)(H,31,36). The molecule has 1 aliphatic rings. The minimum absolute atomic E-state index is 0.0935. The van der Waals surface area contributed by atoms with Gasteiger partial charge in [-0.2, -0.15) is 5.10 Å². The first kappa shape index (κ1) is 23.3. The molecule has 3 aromatic carbocycles. The molecule has 36 heavy (non-hydrogen) atoms. The van der Waals surface area contributed by atoms with Crippen LogP contribution in [0.3, 0.4) is 0 Å². The third-order valence-corrected chi connectivity index (χ3v) is 6.28. The molecule has 0 spiro atoms. The van der Waals surface area contributed by atoms with E-state index in [9.17, 15) is 14.7 Å². The lowest BCUT2D eigenvalue weighted by Crippen LogP contribution is -2.35. The van der Waals surface area contributed by atoms with Crippen molar-refractivity contribution in [2.45, 2.75) is 18.9 Å². The largest absolute Gasteiger partial charge is 0.393 e. The fraction of sp³-hybridized carbons (Fsp3) is 0.179. The Hall–Kier alpha value is -4.43. The summed E-state index contributed by atoms with van der Waals surface area (Å²) in [6, 6.07) is 24.0. The zero-order chi connectivity index (χ0) is 24.9. The molecule has 0 atom stereocenters. The highest BCUT2D eigenvalue weighted by Gasteiger charge is 2.17. The highest BCUT2D eigenvalue weighted by atomic mass is 16.3. The van der Waals surface area contributed by atoms with Crippen LogP contribution < -0.4 is 15.5 Å². The normalized spacial score (nSPS) is 13.9. The number of aliphatic hydroxyl groups is 1. The lowest BCUT2D eigenvalue weighted by molar-refractivity contribution is 0.102. The van der Waals surface area contributed by atoms with Gasteiger partial charge >= 0.3 is 0 Å². The monoisotopic (exact) mass is 481 g/mol. The third-order valence-electron chi connectivity index (χ3n) is 6.28. The Bertz CT molecular complexity index is 1310. The predicted octanol–water partition coefficient (Wildman–Crippen LogP) is 4.60. The number of aliphatic hydroxyl groups excluding tert-OH is 1. The zero-order valence-electron chi connectivity index (χ0n) is 19.6. The molecule has 8 heteroatoms. The van der Waals surface area contributed by atoms with Gasteiger partial charge in [0, 0.05) is 53.2 Å². The van der Waals surface area contributed by atoms with Crippen molar-refractivity contribution in [3.63, 3.8) is 0 Å². The molecule has 8 nitrogen and oxygen atoms in total. The molecule has 1 amide bonds. The van der Waals surface area contributed by atoms with Crippen molar-refractivity contribution in [3.05, 3.63) is 102 Å². The number of aromatic nitrogens is 2. The fourth-order valence-corrected chi connectivity index (χ4v) is 4.20. The van der Waals surface area contributed by atoms with Gasteiger partial charge in [0.1, 0.15) is 5.69 Å². The maximum atomic E-state index is 12.9. The average molecular weight is 482 g/mol. The van der Waals surface area contributed by atoms with Crippen LogP contribution >= 0.6 is 0 Å². The summed E-state index contributed by atoms with van der Waals surface area (Å²) in [5, 5.41) is 22.2. The predicted molar refractivity (Wildman–Crippen MR) is 140 cm³/mol. The van der Waals surface area contributed by atoms with Crippen LogP contribution in [0.2, 0.25) is 0 Å². The second kappa shape index (κ2) is 10.5. The lowest BCUT2D eigenvalue weighted by atomic mass is 10.0. The molecule has 182 valence electrons. The van der Waals surface area contributed by atoms with Crippen LogP contribution in [0, 0.1) is 0 Å². The molecule has 0 aliphatic carbocycles. The van der Waals surface area contributed by atoms with Crippen molar-refractivity contribution in [1.82, 2.24) is 10.2 Å². The number of rotatable bonds is 7. The van der Waals surface area contributed by atoms with Gasteiger partial charge in [0.2, 0.25) is 0 Å². The summed E-state index contributed by atoms with van der Waals surface area (Å²) in [6.07, 6.45) is 2.93. The molecule has 1 aliphatic heterocycles. The summed E-state index contributed by atoms with van der Waals surface area (Å²) < 4.78 is 0. The number of piperidine rings is 1. The fourth-order valence-electron chi connectivity index (χ4n) is 4.20. The lowest BCUT2D eigenvalue weighted by Gasteiger charge is -2.31. The van der Waals surface area contributed by atoms with Crippen LogP contribution in [0.4, 0.5) is 22.7 Å². The average Bonchev–Trinajstić information content (AvgIpc) is 3.46. The van der Waals surface area contributed by atoms with Gasteiger partial charge < -0.3 is 20.6 Å². The molecule has 0 unspecified atom stereocenters. The van der Waals surface area contributed by atoms with Crippen molar-refractivity contribution >= 4 is 34.4 Å². The number of benzene rings is 3. The maximum Gasteiger partial charge on any atom is 0.273 e. The molecule has 2 heterocycles. The Labute approximate surface area is 209 Å². The SMILES string of the molecule is O=C(c1ccc(NC(=O)c2ccn[nH]2)cc1)c1ccc(Nc2ccc(N3CCC(O)CC3)cc2)cc1. The van der Waals surface area contributed by atoms with Gasteiger partial charge in [-0.25, -0.2) is 0 Å². The number of anilines is 4. The minimum Gasteiger partial charge on any atom is -0.393 e. The van der Waals surface area contributed by atoms with Crippen LogP contribution in [-0.2, 0) is 0 Å². The van der Waals surface area contributed by atoms with E-state index in [-0.39, 0.29) is 17.8 Å². The Balaban J connectivity index is 1.18. The van der Waals surface area contributed by atoms with Crippen molar-refractivity contribution in [3.8, 4) is 0 Å². The van der Waals surface area contributed by atoms with Crippen molar-refractivity contribution in [2.24, 2.45) is 0 Å². The number of hydrogen-bond acceptors (Lipinski definition) is 6. The van der Waals surface area contributed by atoms with Crippen LogP contribution in [-0.4, -0.2) is 46.2 Å². The van der Waals surface area contributed by atoms with E-state index < -0.39 is 0 Å². The van der Waals surface area contributed by atoms with E-state index in [0.717, 1.165) is 43.0 Å². The molecule has 0 bridgehead atoms. The summed E-state index contributed by atoms with van der Waals surface area (Å²) >= 11 is 0. The van der Waals surface area contributed by atoms with Crippen LogP contribution in [0.5, 0.6) is 0 Å². The van der Waals surface area contributed by atoms with E-state index in [1.807, 2.05) is 24.3 Å². The van der Waals surface area contributed by atoms with Gasteiger partial charge in [0.15, 0.2) is 5.78 Å². The molecule has 4 N–H and O–H groups in total. The number of aromatic amines is 1. The van der Waals surface area contributed by atoms with Gasteiger partial charge in [-0.05, 0) is 91.7 Å². The van der Waals surface area contributed by atoms with Gasteiger partial charge in [-0.1, -0.05) is 0 Å². The molecule has 0 radical (unpaired) electrons. The highest BCUT2D eigenvalue weighted by Crippen LogP contribution is 2.24. The number of H-pyrrole nitrogens is 1. The molecule has 1 aromatic heterocycles. The van der Waals surface area contributed by atoms with Gasteiger partial charge in [-0.15, -0.1) is 0 Å². The zero-order valence-corrected chi connectivity index (χ0v) is 19.6. The summed E-state index contributed by atoms with van der Waals surface area (Å²) in [4.78, 5) is 27.3. The van der Waals surface area contributed by atoms with Crippen LogP contribution in [0.25, 0.3) is 0 Å². The van der Waals surface area contributed by atoms with E-state index in [0.29, 0.717) is 22.5 Å². The Morgan fingerprint density at radius 2 is 1.36 bits per heavy atom. The highest BCUT2D eigenvalue weighted by molar-refractivity contribution is 6.09. The van der Waals surface area contributed by atoms with Crippen molar-refractivity contribution in [1.29, 1.82) is 0 Å². The Morgan fingerprint density at radius 3 is 1.92 bits per heavy atom. The van der Waals surface area contributed by atoms with E-state index in [1.165, 1.54) is 6.20 Å². The second-order valence-corrected chi connectivity index (χ2v) is 8.80. The van der Waals surface area contributed by atoms with Crippen molar-refractivity contribution in [2.75, 3.05) is 28.6 Å². The number of ketones is 1. The topological polar surface area (TPSA) is 110 Å². The van der Waals surface area contributed by atoms with E-state index in [1.54, 1.807) is 42.5 Å². The van der Waals surface area contributed by atoms with E-state index in [2.05, 4.69) is 37.9 Å². The quantitative estimate of drug-likeness (QED) is 0.287. The minimum atomic E-state index is -0.296. The van der Waals surface area contributed by atoms with Crippen LogP contribution in [0.15, 0.2) is 85.1 Å². The Kier molecular flexibility index (Phi) is 6.77. The number of carbonyl (C=O) groups excluding carboxylic acids is 2. The van der Waals surface area contributed by atoms with Gasteiger partial charge in [-0.3, -0.25) is 14.7 Å². The number of hydrogen-bond donors (Lipinski definition) is 4. The summed E-state index contributed by atoms with van der Waals surface area (Å²) in [7, 11) is 0. The van der Waals surface area contributed by atoms with E-state index in [4.69, 9.17) is 0 Å². The molecule has 4 aromatic rings. The molecular weight excluding hydrogens is 454 g/mol. The molecule has 0 saturated carbocycles. The molecule has 1 saturated heterocycles. The van der Waals surface area contributed by atoms with Gasteiger partial charge in [0.25, 0.3) is 5.91 Å². The molecular formula is C28H27N5O3. The summed E-state index contributed by atoms with van der Waals surface area (Å²) in [5.74, 6) is -0.389. The Morgan fingerprint density at radius 1 is 0.806 bits per heavy atom. The number of carbonyl (C=O) groups is 2. The van der Waals surface area contributed by atoms with E-state index >= 15 is 0 Å². The summed E-state index contributed by atoms with van der Waals surface area (Å²) in [6.45, 7) is 1.73. The maximum absolute atomic E-state index is 12.9. The smallest absolute Gasteiger partial charge is 0.273 e. The summed E-state index contributed by atoms with van der Waals surface area (Å²) in [5.41, 5.74) is 5.07.